The fourth-order valence-corrected chi connectivity index (χ4v) is 3.37. The van der Waals surface area contributed by atoms with Gasteiger partial charge in [0.25, 0.3) is 0 Å². The summed E-state index contributed by atoms with van der Waals surface area (Å²) in [6, 6.07) is 4.07. The molecular formula is C19H28N8O2. The van der Waals surface area contributed by atoms with E-state index in [1.807, 2.05) is 12.1 Å². The van der Waals surface area contributed by atoms with Gasteiger partial charge in [-0.1, -0.05) is 0 Å². The van der Waals surface area contributed by atoms with E-state index in [1.54, 1.807) is 13.3 Å². The van der Waals surface area contributed by atoms with Crippen LogP contribution in [0.5, 0.6) is 0 Å². The minimum Gasteiger partial charge on any atom is -0.461 e. The number of H-pyrrole nitrogens is 1. The fraction of sp³-hybridized carbons (Fsp3) is 0.579. The number of piperazine rings is 1. The summed E-state index contributed by atoms with van der Waals surface area (Å²) in [4.78, 5) is 25.2. The second kappa shape index (κ2) is 9.08. The van der Waals surface area contributed by atoms with E-state index in [4.69, 9.17) is 4.42 Å². The van der Waals surface area contributed by atoms with Gasteiger partial charge in [-0.3, -0.25) is 19.8 Å². The summed E-state index contributed by atoms with van der Waals surface area (Å²) in [5.41, 5.74) is 0. The highest BCUT2D eigenvalue weighted by Gasteiger charge is 2.25. The third-order valence-corrected chi connectivity index (χ3v) is 5.11. The lowest BCUT2D eigenvalue weighted by Gasteiger charge is -2.36. The minimum atomic E-state index is 0.143. The van der Waals surface area contributed by atoms with Crippen molar-refractivity contribution in [2.75, 3.05) is 46.3 Å². The molecule has 2 aliphatic rings. The highest BCUT2D eigenvalue weighted by molar-refractivity contribution is 5.80. The number of aromatic amines is 1. The molecule has 10 nitrogen and oxygen atoms in total. The fourth-order valence-electron chi connectivity index (χ4n) is 3.37. The van der Waals surface area contributed by atoms with E-state index in [0.717, 1.165) is 50.8 Å². The zero-order valence-corrected chi connectivity index (χ0v) is 16.7. The molecule has 0 spiro atoms. The second-order valence-electron chi connectivity index (χ2n) is 7.41. The van der Waals surface area contributed by atoms with Crippen LogP contribution in [-0.4, -0.2) is 89.2 Å². The van der Waals surface area contributed by atoms with Gasteiger partial charge in [0, 0.05) is 52.2 Å². The summed E-state index contributed by atoms with van der Waals surface area (Å²) in [6.45, 7) is 4.59. The Labute approximate surface area is 169 Å². The molecule has 0 aromatic carbocycles. The van der Waals surface area contributed by atoms with Crippen LogP contribution in [0.1, 0.15) is 18.7 Å². The molecule has 1 aliphatic carbocycles. The Bertz CT molecular complexity index is 819. The molecule has 10 heteroatoms. The molecule has 3 heterocycles. The zero-order chi connectivity index (χ0) is 20.1. The van der Waals surface area contributed by atoms with Crippen molar-refractivity contribution >= 4 is 11.9 Å². The predicted octanol–water partition coefficient (Wildman–Crippen LogP) is 0.0788. The van der Waals surface area contributed by atoms with E-state index in [0.29, 0.717) is 37.1 Å². The SMILES string of the molecule is CN=C(NCCc1nc(-c2ccco2)n[nH]1)N1CCN(CC(=O)NC2CC2)CC1. The van der Waals surface area contributed by atoms with Crippen LogP contribution in [0.3, 0.4) is 0 Å². The number of furan rings is 1. The van der Waals surface area contributed by atoms with Crippen molar-refractivity contribution in [3.63, 3.8) is 0 Å². The van der Waals surface area contributed by atoms with Crippen LogP contribution in [0.4, 0.5) is 0 Å². The normalized spacial score (nSPS) is 18.1. The molecule has 1 saturated heterocycles. The molecular weight excluding hydrogens is 372 g/mol. The van der Waals surface area contributed by atoms with Crippen LogP contribution < -0.4 is 10.6 Å². The number of aromatic nitrogens is 3. The smallest absolute Gasteiger partial charge is 0.234 e. The molecule has 2 fully saturated rings. The molecule has 0 bridgehead atoms. The Kier molecular flexibility index (Phi) is 6.09. The van der Waals surface area contributed by atoms with Gasteiger partial charge in [0.1, 0.15) is 5.82 Å². The number of hydrogen-bond acceptors (Lipinski definition) is 6. The van der Waals surface area contributed by atoms with Gasteiger partial charge >= 0.3 is 0 Å². The Hall–Kier alpha value is -2.88. The molecule has 156 valence electrons. The Morgan fingerprint density at radius 1 is 1.34 bits per heavy atom. The first-order valence-corrected chi connectivity index (χ1v) is 10.1. The lowest BCUT2D eigenvalue weighted by Crippen LogP contribution is -2.54. The van der Waals surface area contributed by atoms with E-state index in [9.17, 15) is 4.79 Å². The molecule has 1 saturated carbocycles. The maximum Gasteiger partial charge on any atom is 0.234 e. The summed E-state index contributed by atoms with van der Waals surface area (Å²) >= 11 is 0. The van der Waals surface area contributed by atoms with Gasteiger partial charge in [-0.15, -0.1) is 0 Å². The third kappa shape index (κ3) is 5.35. The number of nitrogens with zero attached hydrogens (tertiary/aromatic N) is 5. The summed E-state index contributed by atoms with van der Waals surface area (Å²) in [6.07, 6.45) is 4.56. The van der Waals surface area contributed by atoms with Crippen LogP contribution in [0, 0.1) is 0 Å². The summed E-state index contributed by atoms with van der Waals surface area (Å²) < 4.78 is 5.31. The van der Waals surface area contributed by atoms with Crippen LogP contribution in [0.25, 0.3) is 11.6 Å². The average molecular weight is 400 g/mol. The summed E-state index contributed by atoms with van der Waals surface area (Å²) in [5, 5.41) is 13.6. The van der Waals surface area contributed by atoms with Gasteiger partial charge in [-0.05, 0) is 25.0 Å². The molecule has 4 rings (SSSR count). The van der Waals surface area contributed by atoms with Crippen molar-refractivity contribution < 1.29 is 9.21 Å². The van der Waals surface area contributed by atoms with Crippen molar-refractivity contribution in [2.24, 2.45) is 4.99 Å². The molecule has 1 aliphatic heterocycles. The number of guanidine groups is 1. The molecule has 1 amide bonds. The third-order valence-electron chi connectivity index (χ3n) is 5.11. The number of hydrogen-bond donors (Lipinski definition) is 3. The number of nitrogens with one attached hydrogen (secondary N) is 3. The van der Waals surface area contributed by atoms with Crippen molar-refractivity contribution in [1.29, 1.82) is 0 Å². The first-order chi connectivity index (χ1) is 14.2. The first kappa shape index (κ1) is 19.4. The first-order valence-electron chi connectivity index (χ1n) is 10.1. The molecule has 2 aromatic rings. The van der Waals surface area contributed by atoms with Gasteiger partial charge in [0.05, 0.1) is 12.8 Å². The van der Waals surface area contributed by atoms with Crippen molar-refractivity contribution in [2.45, 2.75) is 25.3 Å². The quantitative estimate of drug-likeness (QED) is 0.445. The van der Waals surface area contributed by atoms with Gasteiger partial charge in [-0.25, -0.2) is 4.98 Å². The van der Waals surface area contributed by atoms with E-state index in [1.165, 1.54) is 0 Å². The number of amides is 1. The number of aliphatic imine (C=N–C) groups is 1. The van der Waals surface area contributed by atoms with Gasteiger partial charge in [0.2, 0.25) is 11.7 Å². The molecule has 0 unspecified atom stereocenters. The van der Waals surface area contributed by atoms with Crippen LogP contribution >= 0.6 is 0 Å². The number of rotatable bonds is 7. The lowest BCUT2D eigenvalue weighted by molar-refractivity contribution is -0.122. The molecule has 3 N–H and O–H groups in total. The van der Waals surface area contributed by atoms with Crippen molar-refractivity contribution in [3.05, 3.63) is 24.2 Å². The maximum absolute atomic E-state index is 12.0. The van der Waals surface area contributed by atoms with Crippen LogP contribution in [-0.2, 0) is 11.2 Å². The van der Waals surface area contributed by atoms with Gasteiger partial charge < -0.3 is 20.0 Å². The Morgan fingerprint density at radius 3 is 2.86 bits per heavy atom. The van der Waals surface area contributed by atoms with Crippen LogP contribution in [0.2, 0.25) is 0 Å². The molecule has 29 heavy (non-hydrogen) atoms. The number of carbonyl (C=O) groups excluding carboxylic acids is 1. The summed E-state index contributed by atoms with van der Waals surface area (Å²) in [7, 11) is 1.79. The van der Waals surface area contributed by atoms with Crippen molar-refractivity contribution in [1.82, 2.24) is 35.6 Å². The topological polar surface area (TPSA) is 115 Å². The van der Waals surface area contributed by atoms with E-state index in [-0.39, 0.29) is 5.91 Å². The summed E-state index contributed by atoms with van der Waals surface area (Å²) in [5.74, 6) is 3.03. The number of carbonyl (C=O) groups is 1. The predicted molar refractivity (Wildman–Crippen MR) is 108 cm³/mol. The van der Waals surface area contributed by atoms with E-state index < -0.39 is 0 Å². The Balaban J connectivity index is 1.18. The highest BCUT2D eigenvalue weighted by Crippen LogP contribution is 2.18. The Morgan fingerprint density at radius 2 is 2.17 bits per heavy atom. The molecule has 0 atom stereocenters. The van der Waals surface area contributed by atoms with Gasteiger partial charge in [0.15, 0.2) is 11.7 Å². The van der Waals surface area contributed by atoms with Gasteiger partial charge in [-0.2, -0.15) is 5.10 Å². The average Bonchev–Trinajstić information content (AvgIpc) is 3.19. The largest absolute Gasteiger partial charge is 0.461 e. The van der Waals surface area contributed by atoms with E-state index in [2.05, 4.69) is 40.6 Å². The lowest BCUT2D eigenvalue weighted by atomic mass is 10.3. The molecule has 0 radical (unpaired) electrons. The maximum atomic E-state index is 12.0. The molecule has 2 aromatic heterocycles. The highest BCUT2D eigenvalue weighted by atomic mass is 16.3. The zero-order valence-electron chi connectivity index (χ0n) is 16.7. The standard InChI is InChI=1S/C19H28N8O2/c1-20-19(21-7-6-16-23-18(25-24-16)15-3-2-12-29-15)27-10-8-26(9-11-27)13-17(28)22-14-4-5-14/h2-3,12,14H,4-11,13H2,1H3,(H,20,21)(H,22,28)(H,23,24,25). The monoisotopic (exact) mass is 400 g/mol. The minimum absolute atomic E-state index is 0.143. The van der Waals surface area contributed by atoms with Crippen LogP contribution in [0.15, 0.2) is 27.8 Å². The van der Waals surface area contributed by atoms with Crippen molar-refractivity contribution in [3.8, 4) is 11.6 Å². The second-order valence-corrected chi connectivity index (χ2v) is 7.41. The van der Waals surface area contributed by atoms with E-state index >= 15 is 0 Å².